The van der Waals surface area contributed by atoms with Gasteiger partial charge in [-0.05, 0) is 18.6 Å². The van der Waals surface area contributed by atoms with Crippen LogP contribution in [0.4, 0.5) is 18.9 Å². The number of benzene rings is 1. The summed E-state index contributed by atoms with van der Waals surface area (Å²) in [5, 5.41) is 0.980. The van der Waals surface area contributed by atoms with Crippen LogP contribution in [0.1, 0.15) is 12.0 Å². The third-order valence-electron chi connectivity index (χ3n) is 2.66. The first-order valence-electron chi connectivity index (χ1n) is 5.11. The van der Waals surface area contributed by atoms with Gasteiger partial charge < -0.3 is 0 Å². The van der Waals surface area contributed by atoms with Gasteiger partial charge in [-0.25, -0.2) is 10.4 Å². The second-order valence-electron chi connectivity index (χ2n) is 3.94. The monoisotopic (exact) mass is 244 g/mol. The van der Waals surface area contributed by atoms with Crippen molar-refractivity contribution in [2.24, 2.45) is 0 Å². The summed E-state index contributed by atoms with van der Waals surface area (Å²) in [5.74, 6) is -0.568. The highest BCUT2D eigenvalue weighted by atomic mass is 19.4. The number of aryl methyl sites for hydroxylation is 1. The summed E-state index contributed by atoms with van der Waals surface area (Å²) in [7, 11) is 0. The highest BCUT2D eigenvalue weighted by Gasteiger charge is 2.47. The molecule has 0 aromatic heterocycles. The van der Waals surface area contributed by atoms with Crippen LogP contribution in [0, 0.1) is 6.92 Å². The second-order valence-corrected chi connectivity index (χ2v) is 3.94. The molecule has 1 saturated heterocycles. The number of anilines is 1. The number of carbonyl (C=O) groups excluding carboxylic acids is 1. The maximum absolute atomic E-state index is 12.5. The Bertz CT molecular complexity index is 445. The van der Waals surface area contributed by atoms with Crippen molar-refractivity contribution in [1.82, 2.24) is 5.43 Å². The van der Waals surface area contributed by atoms with Gasteiger partial charge in [-0.1, -0.05) is 18.2 Å². The van der Waals surface area contributed by atoms with Crippen molar-refractivity contribution in [3.63, 3.8) is 0 Å². The number of carbonyl (C=O) groups is 1. The van der Waals surface area contributed by atoms with Gasteiger partial charge in [0.05, 0.1) is 12.1 Å². The van der Waals surface area contributed by atoms with Crippen molar-refractivity contribution in [2.75, 3.05) is 5.01 Å². The minimum absolute atomic E-state index is 0.462. The molecular formula is C11H11F3N2O. The van der Waals surface area contributed by atoms with E-state index in [-0.39, 0.29) is 0 Å². The average molecular weight is 244 g/mol. The number of para-hydroxylation sites is 1. The zero-order valence-electron chi connectivity index (χ0n) is 9.08. The fourth-order valence-electron chi connectivity index (χ4n) is 1.75. The highest BCUT2D eigenvalue weighted by Crippen LogP contribution is 2.30. The molecular weight excluding hydrogens is 233 g/mol. The zero-order chi connectivity index (χ0) is 12.6. The smallest absolute Gasteiger partial charge is 0.273 e. The van der Waals surface area contributed by atoms with Crippen molar-refractivity contribution in [2.45, 2.75) is 25.6 Å². The third kappa shape index (κ3) is 2.26. The van der Waals surface area contributed by atoms with E-state index in [2.05, 4.69) is 5.43 Å². The Morgan fingerprint density at radius 2 is 2.00 bits per heavy atom. The van der Waals surface area contributed by atoms with Gasteiger partial charge in [0, 0.05) is 0 Å². The molecule has 1 fully saturated rings. The van der Waals surface area contributed by atoms with E-state index in [0.29, 0.717) is 5.69 Å². The number of nitrogens with zero attached hydrogens (tertiary/aromatic N) is 1. The summed E-state index contributed by atoms with van der Waals surface area (Å²) < 4.78 is 37.4. The number of rotatable bonds is 1. The largest absolute Gasteiger partial charge is 0.406 e. The number of amides is 1. The van der Waals surface area contributed by atoms with Crippen LogP contribution in [-0.4, -0.2) is 18.1 Å². The Labute approximate surface area is 96.2 Å². The molecule has 0 radical (unpaired) electrons. The summed E-state index contributed by atoms with van der Waals surface area (Å²) >= 11 is 0. The molecule has 1 N–H and O–H groups in total. The molecule has 1 aliphatic rings. The van der Waals surface area contributed by atoms with Crippen molar-refractivity contribution in [3.8, 4) is 0 Å². The second kappa shape index (κ2) is 4.03. The predicted molar refractivity (Wildman–Crippen MR) is 56.3 cm³/mol. The fourth-order valence-corrected chi connectivity index (χ4v) is 1.75. The Morgan fingerprint density at radius 3 is 2.53 bits per heavy atom. The molecule has 1 amide bonds. The van der Waals surface area contributed by atoms with Crippen LogP contribution in [-0.2, 0) is 4.79 Å². The van der Waals surface area contributed by atoms with Crippen LogP contribution in [0.2, 0.25) is 0 Å². The Hall–Kier alpha value is -1.56. The Balaban J connectivity index is 2.25. The molecule has 1 aromatic carbocycles. The summed E-state index contributed by atoms with van der Waals surface area (Å²) in [6, 6.07) is 5.00. The molecule has 0 saturated carbocycles. The van der Waals surface area contributed by atoms with E-state index >= 15 is 0 Å². The quantitative estimate of drug-likeness (QED) is 0.821. The topological polar surface area (TPSA) is 32.3 Å². The van der Waals surface area contributed by atoms with Gasteiger partial charge in [0.1, 0.15) is 6.04 Å². The zero-order valence-corrected chi connectivity index (χ0v) is 9.08. The highest BCUT2D eigenvalue weighted by molar-refractivity contribution is 5.95. The van der Waals surface area contributed by atoms with Crippen LogP contribution in [0.5, 0.6) is 0 Å². The molecule has 0 spiro atoms. The lowest BCUT2D eigenvalue weighted by Gasteiger charge is -2.20. The van der Waals surface area contributed by atoms with Crippen molar-refractivity contribution in [3.05, 3.63) is 29.8 Å². The third-order valence-corrected chi connectivity index (χ3v) is 2.66. The van der Waals surface area contributed by atoms with Crippen molar-refractivity contribution < 1.29 is 18.0 Å². The summed E-state index contributed by atoms with van der Waals surface area (Å²) in [6.45, 7) is 1.74. The van der Waals surface area contributed by atoms with Gasteiger partial charge in [0.25, 0.3) is 0 Å². The predicted octanol–water partition coefficient (Wildman–Crippen LogP) is 2.17. The minimum Gasteiger partial charge on any atom is -0.273 e. The molecule has 0 bridgehead atoms. The van der Waals surface area contributed by atoms with Gasteiger partial charge in [0.2, 0.25) is 5.91 Å². The normalized spacial score (nSPS) is 21.1. The fraction of sp³-hybridized carbons (Fsp3) is 0.364. The summed E-state index contributed by atoms with van der Waals surface area (Å²) in [5.41, 5.74) is 3.41. The number of hydrazine groups is 1. The van der Waals surface area contributed by atoms with Crippen molar-refractivity contribution >= 4 is 11.6 Å². The maximum atomic E-state index is 12.5. The SMILES string of the molecule is Cc1ccccc1N1N[C@H](C(F)(F)F)CC1=O. The molecule has 0 unspecified atom stereocenters. The van der Waals surface area contributed by atoms with E-state index < -0.39 is 24.5 Å². The number of halogens is 3. The van der Waals surface area contributed by atoms with E-state index in [1.807, 2.05) is 0 Å². The van der Waals surface area contributed by atoms with Gasteiger partial charge >= 0.3 is 6.18 Å². The summed E-state index contributed by atoms with van der Waals surface area (Å²) in [4.78, 5) is 11.5. The molecule has 1 aromatic rings. The van der Waals surface area contributed by atoms with Gasteiger partial charge in [-0.15, -0.1) is 0 Å². The van der Waals surface area contributed by atoms with Crippen LogP contribution in [0.15, 0.2) is 24.3 Å². The Morgan fingerprint density at radius 1 is 1.35 bits per heavy atom. The first kappa shape index (κ1) is 11.9. The number of nitrogens with one attached hydrogen (secondary N) is 1. The average Bonchev–Trinajstić information content (AvgIpc) is 2.61. The number of hydrogen-bond donors (Lipinski definition) is 1. The van der Waals surface area contributed by atoms with Gasteiger partial charge in [-0.2, -0.15) is 13.2 Å². The molecule has 17 heavy (non-hydrogen) atoms. The van der Waals surface area contributed by atoms with E-state index in [1.54, 1.807) is 31.2 Å². The van der Waals surface area contributed by atoms with Gasteiger partial charge in [0.15, 0.2) is 0 Å². The molecule has 2 rings (SSSR count). The number of alkyl halides is 3. The molecule has 3 nitrogen and oxygen atoms in total. The lowest BCUT2D eigenvalue weighted by molar-refractivity contribution is -0.153. The molecule has 1 aliphatic heterocycles. The van der Waals surface area contributed by atoms with Crippen LogP contribution >= 0.6 is 0 Å². The lowest BCUT2D eigenvalue weighted by Crippen LogP contribution is -2.44. The number of hydrogen-bond acceptors (Lipinski definition) is 2. The first-order valence-corrected chi connectivity index (χ1v) is 5.11. The molecule has 1 heterocycles. The molecule has 6 heteroatoms. The lowest BCUT2D eigenvalue weighted by atomic mass is 10.2. The minimum atomic E-state index is -4.41. The van der Waals surface area contributed by atoms with E-state index in [1.165, 1.54) is 0 Å². The van der Waals surface area contributed by atoms with E-state index in [9.17, 15) is 18.0 Å². The Kier molecular flexibility index (Phi) is 2.82. The van der Waals surface area contributed by atoms with Gasteiger partial charge in [-0.3, -0.25) is 4.79 Å². The van der Waals surface area contributed by atoms with Crippen LogP contribution in [0.3, 0.4) is 0 Å². The first-order chi connectivity index (χ1) is 7.89. The van der Waals surface area contributed by atoms with Crippen LogP contribution < -0.4 is 10.4 Å². The van der Waals surface area contributed by atoms with Crippen LogP contribution in [0.25, 0.3) is 0 Å². The maximum Gasteiger partial charge on any atom is 0.406 e. The van der Waals surface area contributed by atoms with Crippen molar-refractivity contribution in [1.29, 1.82) is 0 Å². The standard InChI is InChI=1S/C11H11F3N2O/c1-7-4-2-3-5-8(7)16-10(17)6-9(15-16)11(12,13)14/h2-5,9,15H,6H2,1H3/t9-/m0/s1. The summed E-state index contributed by atoms with van der Waals surface area (Å²) in [6.07, 6.45) is -4.97. The molecule has 1 atom stereocenters. The van der Waals surface area contributed by atoms with E-state index in [0.717, 1.165) is 10.6 Å². The van der Waals surface area contributed by atoms with E-state index in [4.69, 9.17) is 0 Å². The molecule has 92 valence electrons. The molecule has 0 aliphatic carbocycles.